The SMILES string of the molecule is CNCc1sc(CCN2CCCC(C)C2)nc1C(C)(C)C. The van der Waals surface area contributed by atoms with Crippen LogP contribution < -0.4 is 5.32 Å². The minimum Gasteiger partial charge on any atom is -0.315 e. The van der Waals surface area contributed by atoms with Crippen LogP contribution in [0.3, 0.4) is 0 Å². The predicted molar refractivity (Wildman–Crippen MR) is 92.1 cm³/mol. The summed E-state index contributed by atoms with van der Waals surface area (Å²) in [5.41, 5.74) is 1.42. The average Bonchev–Trinajstić information content (AvgIpc) is 2.80. The maximum atomic E-state index is 4.96. The molecule has 1 aliphatic rings. The van der Waals surface area contributed by atoms with Gasteiger partial charge in [-0.2, -0.15) is 0 Å². The number of piperidine rings is 1. The van der Waals surface area contributed by atoms with Gasteiger partial charge in [0.25, 0.3) is 0 Å². The smallest absolute Gasteiger partial charge is 0.0944 e. The average molecular weight is 310 g/mol. The van der Waals surface area contributed by atoms with Crippen LogP contribution >= 0.6 is 11.3 Å². The Bertz CT molecular complexity index is 447. The quantitative estimate of drug-likeness (QED) is 0.903. The van der Waals surface area contributed by atoms with Gasteiger partial charge in [-0.3, -0.25) is 0 Å². The third kappa shape index (κ3) is 4.76. The highest BCUT2D eigenvalue weighted by Crippen LogP contribution is 2.30. The molecule has 21 heavy (non-hydrogen) atoms. The topological polar surface area (TPSA) is 28.2 Å². The third-order valence-electron chi connectivity index (χ3n) is 4.17. The Morgan fingerprint density at radius 2 is 2.14 bits per heavy atom. The van der Waals surface area contributed by atoms with Crippen LogP contribution in [0.15, 0.2) is 0 Å². The first-order valence-corrected chi connectivity index (χ1v) is 9.08. The molecule has 0 bridgehead atoms. The van der Waals surface area contributed by atoms with Crippen LogP contribution in [-0.4, -0.2) is 36.6 Å². The van der Waals surface area contributed by atoms with Gasteiger partial charge >= 0.3 is 0 Å². The van der Waals surface area contributed by atoms with E-state index in [2.05, 4.69) is 37.9 Å². The van der Waals surface area contributed by atoms with E-state index in [-0.39, 0.29) is 5.41 Å². The molecule has 1 N–H and O–H groups in total. The first-order chi connectivity index (χ1) is 9.90. The molecule has 3 nitrogen and oxygen atoms in total. The zero-order chi connectivity index (χ0) is 15.5. The van der Waals surface area contributed by atoms with Gasteiger partial charge in [-0.25, -0.2) is 4.98 Å². The van der Waals surface area contributed by atoms with Crippen molar-refractivity contribution in [2.24, 2.45) is 5.92 Å². The highest BCUT2D eigenvalue weighted by Gasteiger charge is 2.23. The number of aromatic nitrogens is 1. The summed E-state index contributed by atoms with van der Waals surface area (Å²) in [7, 11) is 2.01. The number of thiazole rings is 1. The molecule has 1 unspecified atom stereocenters. The fourth-order valence-electron chi connectivity index (χ4n) is 3.12. The molecule has 0 aromatic carbocycles. The third-order valence-corrected chi connectivity index (χ3v) is 5.29. The zero-order valence-corrected chi connectivity index (χ0v) is 15.1. The van der Waals surface area contributed by atoms with Crippen LogP contribution in [0.4, 0.5) is 0 Å². The lowest BCUT2D eigenvalue weighted by molar-refractivity contribution is 0.186. The first kappa shape index (κ1) is 16.9. The molecular weight excluding hydrogens is 278 g/mol. The van der Waals surface area contributed by atoms with Crippen molar-refractivity contribution in [1.29, 1.82) is 0 Å². The van der Waals surface area contributed by atoms with Crippen LogP contribution in [0.1, 0.15) is 56.1 Å². The zero-order valence-electron chi connectivity index (χ0n) is 14.3. The standard InChI is InChI=1S/C17H31N3S/c1-13-7-6-9-20(12-13)10-8-15-19-16(17(2,3)4)14(21-15)11-18-5/h13,18H,6-12H2,1-5H3. The van der Waals surface area contributed by atoms with Crippen molar-refractivity contribution < 1.29 is 0 Å². The predicted octanol–water partition coefficient (Wildman–Crippen LogP) is 3.43. The van der Waals surface area contributed by atoms with E-state index in [1.807, 2.05) is 18.4 Å². The molecular formula is C17H31N3S. The minimum atomic E-state index is 0.139. The van der Waals surface area contributed by atoms with Gasteiger partial charge in [0.1, 0.15) is 0 Å². The lowest BCUT2D eigenvalue weighted by Crippen LogP contribution is -2.35. The van der Waals surface area contributed by atoms with Gasteiger partial charge in [0, 0.05) is 36.3 Å². The summed E-state index contributed by atoms with van der Waals surface area (Å²) < 4.78 is 0. The molecule has 1 aromatic heterocycles. The summed E-state index contributed by atoms with van der Waals surface area (Å²) in [4.78, 5) is 8.98. The fourth-order valence-corrected chi connectivity index (χ4v) is 4.40. The lowest BCUT2D eigenvalue weighted by Gasteiger charge is -2.30. The Morgan fingerprint density at radius 1 is 1.38 bits per heavy atom. The van der Waals surface area contributed by atoms with Crippen molar-refractivity contribution in [2.45, 2.75) is 58.9 Å². The van der Waals surface area contributed by atoms with E-state index >= 15 is 0 Å². The molecule has 1 atom stereocenters. The van der Waals surface area contributed by atoms with Gasteiger partial charge in [-0.15, -0.1) is 11.3 Å². The summed E-state index contributed by atoms with van der Waals surface area (Å²) >= 11 is 1.90. The largest absolute Gasteiger partial charge is 0.315 e. The molecule has 4 heteroatoms. The summed E-state index contributed by atoms with van der Waals surface area (Å²) in [6, 6.07) is 0. The monoisotopic (exact) mass is 309 g/mol. The maximum absolute atomic E-state index is 4.96. The highest BCUT2D eigenvalue weighted by atomic mass is 32.1. The van der Waals surface area contributed by atoms with Gasteiger partial charge in [0.05, 0.1) is 10.7 Å². The molecule has 2 heterocycles. The Labute approximate surface area is 134 Å². The molecule has 2 rings (SSSR count). The van der Waals surface area contributed by atoms with Gasteiger partial charge in [-0.05, 0) is 32.4 Å². The van der Waals surface area contributed by atoms with Gasteiger partial charge in [0.15, 0.2) is 0 Å². The first-order valence-electron chi connectivity index (χ1n) is 8.26. The van der Waals surface area contributed by atoms with Crippen LogP contribution in [0.5, 0.6) is 0 Å². The minimum absolute atomic E-state index is 0.139. The molecule has 0 radical (unpaired) electrons. The fraction of sp³-hybridized carbons (Fsp3) is 0.824. The van der Waals surface area contributed by atoms with Crippen molar-refractivity contribution in [3.8, 4) is 0 Å². The molecule has 0 spiro atoms. The van der Waals surface area contributed by atoms with E-state index in [1.165, 1.54) is 48.1 Å². The van der Waals surface area contributed by atoms with Crippen molar-refractivity contribution in [3.05, 3.63) is 15.6 Å². The molecule has 1 saturated heterocycles. The second-order valence-electron chi connectivity index (χ2n) is 7.46. The molecule has 1 fully saturated rings. The summed E-state index contributed by atoms with van der Waals surface area (Å²) in [5, 5.41) is 4.59. The molecule has 1 aromatic rings. The Morgan fingerprint density at radius 3 is 2.76 bits per heavy atom. The number of rotatable bonds is 5. The lowest BCUT2D eigenvalue weighted by atomic mass is 9.91. The highest BCUT2D eigenvalue weighted by molar-refractivity contribution is 7.11. The number of hydrogen-bond donors (Lipinski definition) is 1. The summed E-state index contributed by atoms with van der Waals surface area (Å²) in [6.07, 6.45) is 3.86. The Kier molecular flexibility index (Phi) is 5.81. The number of hydrogen-bond acceptors (Lipinski definition) is 4. The molecule has 120 valence electrons. The molecule has 0 saturated carbocycles. The number of likely N-dealkylation sites (tertiary alicyclic amines) is 1. The Balaban J connectivity index is 2.00. The van der Waals surface area contributed by atoms with Gasteiger partial charge in [0.2, 0.25) is 0 Å². The van der Waals surface area contributed by atoms with Gasteiger partial charge < -0.3 is 10.2 Å². The van der Waals surface area contributed by atoms with Crippen LogP contribution in [0.25, 0.3) is 0 Å². The number of nitrogens with one attached hydrogen (secondary N) is 1. The number of nitrogens with zero attached hydrogens (tertiary/aromatic N) is 2. The second kappa shape index (κ2) is 7.21. The van der Waals surface area contributed by atoms with Crippen LogP contribution in [0.2, 0.25) is 0 Å². The van der Waals surface area contributed by atoms with Crippen LogP contribution in [-0.2, 0) is 18.4 Å². The van der Waals surface area contributed by atoms with Crippen LogP contribution in [0, 0.1) is 5.92 Å². The molecule has 0 amide bonds. The molecule has 0 aliphatic carbocycles. The van der Waals surface area contributed by atoms with E-state index in [0.717, 1.165) is 18.9 Å². The summed E-state index contributed by atoms with van der Waals surface area (Å²) in [5.74, 6) is 0.861. The maximum Gasteiger partial charge on any atom is 0.0944 e. The van der Waals surface area contributed by atoms with E-state index in [4.69, 9.17) is 4.98 Å². The molecule has 1 aliphatic heterocycles. The van der Waals surface area contributed by atoms with Crippen molar-refractivity contribution in [1.82, 2.24) is 15.2 Å². The van der Waals surface area contributed by atoms with Crippen molar-refractivity contribution >= 4 is 11.3 Å². The van der Waals surface area contributed by atoms with Crippen molar-refractivity contribution in [3.63, 3.8) is 0 Å². The Hall–Kier alpha value is -0.450. The van der Waals surface area contributed by atoms with E-state index in [9.17, 15) is 0 Å². The van der Waals surface area contributed by atoms with Crippen molar-refractivity contribution in [2.75, 3.05) is 26.7 Å². The van der Waals surface area contributed by atoms with E-state index in [0.29, 0.717) is 0 Å². The summed E-state index contributed by atoms with van der Waals surface area (Å²) in [6.45, 7) is 13.8. The van der Waals surface area contributed by atoms with E-state index < -0.39 is 0 Å². The normalized spacial score (nSPS) is 20.9. The van der Waals surface area contributed by atoms with Gasteiger partial charge in [-0.1, -0.05) is 27.7 Å². The second-order valence-corrected chi connectivity index (χ2v) is 8.63. The van der Waals surface area contributed by atoms with E-state index in [1.54, 1.807) is 0 Å².